The molecule has 2 N–H and O–H groups in total. The van der Waals surface area contributed by atoms with Crippen molar-refractivity contribution in [2.75, 3.05) is 0 Å². The fraction of sp³-hybridized carbons (Fsp3) is 0.278. The molecule has 2 rings (SSSR count). The second kappa shape index (κ2) is 7.48. The summed E-state index contributed by atoms with van der Waals surface area (Å²) in [5, 5.41) is 0. The van der Waals surface area contributed by atoms with Crippen molar-refractivity contribution < 1.29 is 0 Å². The van der Waals surface area contributed by atoms with Crippen LogP contribution in [0.2, 0.25) is 0 Å². The molecule has 110 valence electrons. The maximum atomic E-state index is 6.19. The number of nitrogens with zero attached hydrogens (tertiary/aromatic N) is 2. The monoisotopic (exact) mass is 281 g/mol. The van der Waals surface area contributed by atoms with Crippen molar-refractivity contribution in [2.24, 2.45) is 10.7 Å². The molecule has 0 saturated carbocycles. The van der Waals surface area contributed by atoms with Crippen LogP contribution in [0.25, 0.3) is 0 Å². The molecular weight excluding hydrogens is 258 g/mol. The van der Waals surface area contributed by atoms with Gasteiger partial charge in [-0.25, -0.2) is 0 Å². The third-order valence-corrected chi connectivity index (χ3v) is 3.15. The van der Waals surface area contributed by atoms with Crippen molar-refractivity contribution in [1.82, 2.24) is 4.90 Å². The molecule has 21 heavy (non-hydrogen) atoms. The lowest BCUT2D eigenvalue weighted by Crippen LogP contribution is -2.37. The van der Waals surface area contributed by atoms with E-state index in [2.05, 4.69) is 34.2 Å². The second-order valence-corrected chi connectivity index (χ2v) is 5.41. The van der Waals surface area contributed by atoms with Crippen molar-refractivity contribution in [3.05, 3.63) is 71.8 Å². The molecule has 3 heteroatoms. The minimum absolute atomic E-state index is 0.194. The first-order chi connectivity index (χ1) is 10.1. The van der Waals surface area contributed by atoms with E-state index in [1.807, 2.05) is 50.2 Å². The van der Waals surface area contributed by atoms with E-state index in [9.17, 15) is 0 Å². The number of hydrogen-bond acceptors (Lipinski definition) is 1. The zero-order valence-corrected chi connectivity index (χ0v) is 12.7. The average Bonchev–Trinajstić information content (AvgIpc) is 2.48. The second-order valence-electron chi connectivity index (χ2n) is 5.41. The standard InChI is InChI=1S/C18H23N3/c1-15(2)20-18(19)21(13-16-9-5-3-6-10-16)14-17-11-7-4-8-12-17/h3-12,15H,13-14H2,1-2H3,(H2,19,20). The van der Waals surface area contributed by atoms with E-state index in [-0.39, 0.29) is 6.04 Å². The molecule has 0 fully saturated rings. The summed E-state index contributed by atoms with van der Waals surface area (Å²) < 4.78 is 0. The number of hydrogen-bond donors (Lipinski definition) is 1. The van der Waals surface area contributed by atoms with Crippen LogP contribution in [-0.4, -0.2) is 16.9 Å². The first-order valence-electron chi connectivity index (χ1n) is 7.31. The van der Waals surface area contributed by atoms with Gasteiger partial charge in [0.25, 0.3) is 0 Å². The highest BCUT2D eigenvalue weighted by Crippen LogP contribution is 2.10. The third kappa shape index (κ3) is 4.95. The van der Waals surface area contributed by atoms with Crippen molar-refractivity contribution in [1.29, 1.82) is 0 Å². The van der Waals surface area contributed by atoms with Gasteiger partial charge in [-0.3, -0.25) is 4.99 Å². The van der Waals surface area contributed by atoms with Gasteiger partial charge < -0.3 is 10.6 Å². The fourth-order valence-corrected chi connectivity index (χ4v) is 2.17. The van der Waals surface area contributed by atoms with Crippen LogP contribution in [0.3, 0.4) is 0 Å². The summed E-state index contributed by atoms with van der Waals surface area (Å²) in [5.41, 5.74) is 8.65. The molecule has 2 aromatic carbocycles. The molecule has 0 aromatic heterocycles. The Morgan fingerprint density at radius 2 is 1.33 bits per heavy atom. The molecule has 0 radical (unpaired) electrons. The normalized spacial score (nSPS) is 11.7. The molecule has 3 nitrogen and oxygen atoms in total. The molecule has 0 aliphatic heterocycles. The van der Waals surface area contributed by atoms with Crippen molar-refractivity contribution in [2.45, 2.75) is 33.0 Å². The quantitative estimate of drug-likeness (QED) is 0.674. The molecule has 0 bridgehead atoms. The van der Waals surface area contributed by atoms with Crippen molar-refractivity contribution in [3.8, 4) is 0 Å². The number of guanidine groups is 1. The summed E-state index contributed by atoms with van der Waals surface area (Å²) in [5.74, 6) is 0.595. The number of rotatable bonds is 5. The van der Waals surface area contributed by atoms with Gasteiger partial charge in [-0.05, 0) is 25.0 Å². The van der Waals surface area contributed by atoms with E-state index >= 15 is 0 Å². The average molecular weight is 281 g/mol. The molecule has 0 saturated heterocycles. The van der Waals surface area contributed by atoms with Crippen molar-refractivity contribution in [3.63, 3.8) is 0 Å². The van der Waals surface area contributed by atoms with Gasteiger partial charge in [0.05, 0.1) is 0 Å². The maximum absolute atomic E-state index is 6.19. The number of nitrogens with two attached hydrogens (primary N) is 1. The summed E-state index contributed by atoms with van der Waals surface area (Å²) in [6.07, 6.45) is 0. The van der Waals surface area contributed by atoms with E-state index in [1.165, 1.54) is 11.1 Å². The Kier molecular flexibility index (Phi) is 5.38. The van der Waals surface area contributed by atoms with Crippen LogP contribution in [-0.2, 0) is 13.1 Å². The molecule has 0 amide bonds. The van der Waals surface area contributed by atoms with Gasteiger partial charge in [-0.1, -0.05) is 60.7 Å². The van der Waals surface area contributed by atoms with Gasteiger partial charge >= 0.3 is 0 Å². The third-order valence-electron chi connectivity index (χ3n) is 3.15. The first kappa shape index (κ1) is 15.1. The van der Waals surface area contributed by atoms with Crippen LogP contribution >= 0.6 is 0 Å². The number of benzene rings is 2. The van der Waals surface area contributed by atoms with Crippen LogP contribution in [0, 0.1) is 0 Å². The van der Waals surface area contributed by atoms with Crippen LogP contribution in [0.4, 0.5) is 0 Å². The van der Waals surface area contributed by atoms with Crippen LogP contribution in [0.1, 0.15) is 25.0 Å². The molecular formula is C18H23N3. The predicted molar refractivity (Wildman–Crippen MR) is 88.9 cm³/mol. The van der Waals surface area contributed by atoms with Crippen LogP contribution in [0.15, 0.2) is 65.7 Å². The fourth-order valence-electron chi connectivity index (χ4n) is 2.17. The molecule has 0 aliphatic rings. The summed E-state index contributed by atoms with van der Waals surface area (Å²) >= 11 is 0. The minimum atomic E-state index is 0.194. The Hall–Kier alpha value is -2.29. The largest absolute Gasteiger partial charge is 0.370 e. The summed E-state index contributed by atoms with van der Waals surface area (Å²) in [4.78, 5) is 6.61. The molecule has 0 spiro atoms. The maximum Gasteiger partial charge on any atom is 0.192 e. The molecule has 0 aliphatic carbocycles. The Morgan fingerprint density at radius 3 is 1.71 bits per heavy atom. The number of aliphatic imine (C=N–C) groups is 1. The van der Waals surface area contributed by atoms with Gasteiger partial charge in [0, 0.05) is 19.1 Å². The Labute approximate surface area is 127 Å². The van der Waals surface area contributed by atoms with Gasteiger partial charge in [0.1, 0.15) is 0 Å². The topological polar surface area (TPSA) is 41.6 Å². The van der Waals surface area contributed by atoms with Crippen LogP contribution < -0.4 is 5.73 Å². The van der Waals surface area contributed by atoms with E-state index in [4.69, 9.17) is 5.73 Å². The highest BCUT2D eigenvalue weighted by Gasteiger charge is 2.10. The SMILES string of the molecule is CC(C)N=C(N)N(Cc1ccccc1)Cc1ccccc1. The summed E-state index contributed by atoms with van der Waals surface area (Å²) in [6.45, 7) is 5.60. The zero-order chi connectivity index (χ0) is 15.1. The van der Waals surface area contributed by atoms with Crippen molar-refractivity contribution >= 4 is 5.96 Å². The van der Waals surface area contributed by atoms with Gasteiger partial charge in [-0.2, -0.15) is 0 Å². The zero-order valence-electron chi connectivity index (χ0n) is 12.7. The van der Waals surface area contributed by atoms with Gasteiger partial charge in [0.15, 0.2) is 5.96 Å². The summed E-state index contributed by atoms with van der Waals surface area (Å²) in [7, 11) is 0. The van der Waals surface area contributed by atoms with E-state index < -0.39 is 0 Å². The first-order valence-corrected chi connectivity index (χ1v) is 7.31. The summed E-state index contributed by atoms with van der Waals surface area (Å²) in [6, 6.07) is 20.9. The molecule has 2 aromatic rings. The molecule has 0 atom stereocenters. The lowest BCUT2D eigenvalue weighted by atomic mass is 10.2. The van der Waals surface area contributed by atoms with Crippen LogP contribution in [0.5, 0.6) is 0 Å². The highest BCUT2D eigenvalue weighted by molar-refractivity contribution is 5.78. The highest BCUT2D eigenvalue weighted by atomic mass is 15.2. The smallest absolute Gasteiger partial charge is 0.192 e. The van der Waals surface area contributed by atoms with E-state index in [0.717, 1.165) is 13.1 Å². The van der Waals surface area contributed by atoms with Gasteiger partial charge in [0.2, 0.25) is 0 Å². The molecule has 0 heterocycles. The van der Waals surface area contributed by atoms with E-state index in [1.54, 1.807) is 0 Å². The Bertz CT molecular complexity index is 520. The molecule has 0 unspecified atom stereocenters. The lowest BCUT2D eigenvalue weighted by Gasteiger charge is -2.24. The lowest BCUT2D eigenvalue weighted by molar-refractivity contribution is 0.398. The van der Waals surface area contributed by atoms with E-state index in [0.29, 0.717) is 5.96 Å². The Balaban J connectivity index is 2.18. The van der Waals surface area contributed by atoms with Gasteiger partial charge in [-0.15, -0.1) is 0 Å². The Morgan fingerprint density at radius 1 is 0.905 bits per heavy atom. The minimum Gasteiger partial charge on any atom is -0.370 e. The predicted octanol–water partition coefficient (Wildman–Crippen LogP) is 3.41.